The van der Waals surface area contributed by atoms with Crippen LogP contribution in [-0.2, 0) is 11.3 Å². The zero-order valence-corrected chi connectivity index (χ0v) is 9.42. The Hall–Kier alpha value is -2.37. The molecular formula is C11H13N5O. The molecule has 0 aliphatic carbocycles. The van der Waals surface area contributed by atoms with Gasteiger partial charge in [0, 0.05) is 30.7 Å². The van der Waals surface area contributed by atoms with Crippen LogP contribution < -0.4 is 11.1 Å². The van der Waals surface area contributed by atoms with E-state index in [4.69, 9.17) is 5.73 Å². The van der Waals surface area contributed by atoms with Gasteiger partial charge in [0.1, 0.15) is 6.54 Å². The third-order valence-electron chi connectivity index (χ3n) is 2.44. The van der Waals surface area contributed by atoms with Gasteiger partial charge < -0.3 is 15.6 Å². The maximum absolute atomic E-state index is 11.3. The van der Waals surface area contributed by atoms with Crippen LogP contribution in [0.1, 0.15) is 0 Å². The van der Waals surface area contributed by atoms with E-state index in [0.29, 0.717) is 5.69 Å². The minimum absolute atomic E-state index is 0.0910. The number of nitrogens with one attached hydrogen (secondary N) is 1. The number of nitrogens with zero attached hydrogens (tertiary/aromatic N) is 3. The van der Waals surface area contributed by atoms with Crippen molar-refractivity contribution in [2.75, 3.05) is 12.8 Å². The molecule has 88 valence electrons. The highest BCUT2D eigenvalue weighted by Crippen LogP contribution is 2.23. The molecule has 0 aromatic carbocycles. The molecule has 6 heteroatoms. The van der Waals surface area contributed by atoms with Crippen LogP contribution in [0.3, 0.4) is 0 Å². The molecule has 2 aromatic rings. The minimum Gasteiger partial charge on any atom is -0.398 e. The van der Waals surface area contributed by atoms with Crippen LogP contribution in [0.25, 0.3) is 11.3 Å². The third kappa shape index (κ3) is 2.25. The van der Waals surface area contributed by atoms with Gasteiger partial charge in [0.15, 0.2) is 0 Å². The van der Waals surface area contributed by atoms with Crippen molar-refractivity contribution in [3.63, 3.8) is 0 Å². The molecule has 0 saturated heterocycles. The molecule has 2 rings (SSSR count). The summed E-state index contributed by atoms with van der Waals surface area (Å²) in [5.41, 5.74) is 8.02. The van der Waals surface area contributed by atoms with Crippen molar-refractivity contribution >= 4 is 11.6 Å². The summed E-state index contributed by atoms with van der Waals surface area (Å²) in [5.74, 6) is -0.0910. The van der Waals surface area contributed by atoms with Gasteiger partial charge in [-0.1, -0.05) is 0 Å². The molecule has 0 atom stereocenters. The number of hydrogen-bond acceptors (Lipinski definition) is 4. The molecule has 0 saturated carbocycles. The number of amides is 1. The summed E-state index contributed by atoms with van der Waals surface area (Å²) in [6.45, 7) is 0.208. The second-order valence-electron chi connectivity index (χ2n) is 3.54. The van der Waals surface area contributed by atoms with Crippen LogP contribution in [0.15, 0.2) is 31.0 Å². The Labute approximate surface area is 98.5 Å². The average Bonchev–Trinajstić information content (AvgIpc) is 2.77. The Morgan fingerprint density at radius 3 is 3.00 bits per heavy atom. The lowest BCUT2D eigenvalue weighted by Crippen LogP contribution is -2.23. The summed E-state index contributed by atoms with van der Waals surface area (Å²) in [5, 5.41) is 2.56. The van der Waals surface area contributed by atoms with Crippen LogP contribution in [0.2, 0.25) is 0 Å². The molecule has 2 aromatic heterocycles. The number of imidazole rings is 1. The van der Waals surface area contributed by atoms with E-state index in [1.165, 1.54) is 0 Å². The maximum Gasteiger partial charge on any atom is 0.239 e. The van der Waals surface area contributed by atoms with Crippen molar-refractivity contribution in [3.8, 4) is 11.3 Å². The summed E-state index contributed by atoms with van der Waals surface area (Å²) < 4.78 is 1.73. The van der Waals surface area contributed by atoms with E-state index in [1.807, 2.05) is 0 Å². The molecule has 6 nitrogen and oxygen atoms in total. The lowest BCUT2D eigenvalue weighted by molar-refractivity contribution is -0.121. The van der Waals surface area contributed by atoms with Crippen LogP contribution >= 0.6 is 0 Å². The van der Waals surface area contributed by atoms with Gasteiger partial charge in [-0.15, -0.1) is 0 Å². The lowest BCUT2D eigenvalue weighted by atomic mass is 10.2. The first-order valence-corrected chi connectivity index (χ1v) is 5.13. The van der Waals surface area contributed by atoms with Gasteiger partial charge in [0.25, 0.3) is 0 Å². The van der Waals surface area contributed by atoms with Crippen LogP contribution in [0, 0.1) is 0 Å². The van der Waals surface area contributed by atoms with Gasteiger partial charge in [-0.25, -0.2) is 4.98 Å². The summed E-state index contributed by atoms with van der Waals surface area (Å²) >= 11 is 0. The Morgan fingerprint density at radius 2 is 2.29 bits per heavy atom. The standard InChI is InChI=1S/C11H13N5O/c1-13-11(17)6-16-7-15-5-10(16)8-4-14-3-2-9(8)12/h2-5,7H,6H2,1H3,(H2,12,14)(H,13,17). The monoisotopic (exact) mass is 231 g/mol. The molecule has 0 aliphatic rings. The van der Waals surface area contributed by atoms with Crippen molar-refractivity contribution in [3.05, 3.63) is 31.0 Å². The first-order valence-electron chi connectivity index (χ1n) is 5.13. The molecule has 0 radical (unpaired) electrons. The SMILES string of the molecule is CNC(=O)Cn1cncc1-c1cnccc1N. The van der Waals surface area contributed by atoms with Gasteiger partial charge in [-0.3, -0.25) is 9.78 Å². The Balaban J connectivity index is 2.37. The minimum atomic E-state index is -0.0910. The molecule has 1 amide bonds. The third-order valence-corrected chi connectivity index (χ3v) is 2.44. The molecule has 17 heavy (non-hydrogen) atoms. The number of rotatable bonds is 3. The maximum atomic E-state index is 11.3. The predicted octanol–water partition coefficient (Wildman–Crippen LogP) is 0.273. The second-order valence-corrected chi connectivity index (χ2v) is 3.54. The normalized spacial score (nSPS) is 10.2. The number of carbonyl (C=O) groups is 1. The van der Waals surface area contributed by atoms with Crippen molar-refractivity contribution < 1.29 is 4.79 Å². The van der Waals surface area contributed by atoms with Gasteiger partial charge in [0.2, 0.25) is 5.91 Å². The molecule has 0 bridgehead atoms. The highest BCUT2D eigenvalue weighted by molar-refractivity contribution is 5.78. The van der Waals surface area contributed by atoms with Crippen molar-refractivity contribution in [2.24, 2.45) is 0 Å². The van der Waals surface area contributed by atoms with E-state index in [9.17, 15) is 4.79 Å². The molecule has 0 unspecified atom stereocenters. The van der Waals surface area contributed by atoms with Crippen molar-refractivity contribution in [1.82, 2.24) is 19.9 Å². The summed E-state index contributed by atoms with van der Waals surface area (Å²) in [4.78, 5) is 19.4. The van der Waals surface area contributed by atoms with Gasteiger partial charge in [0.05, 0.1) is 18.2 Å². The first-order chi connectivity index (χ1) is 8.22. The quantitative estimate of drug-likeness (QED) is 0.794. The number of aromatic nitrogens is 3. The Bertz CT molecular complexity index is 534. The topological polar surface area (TPSA) is 85.8 Å². The zero-order chi connectivity index (χ0) is 12.3. The second kappa shape index (κ2) is 4.65. The predicted molar refractivity (Wildman–Crippen MR) is 63.9 cm³/mol. The number of hydrogen-bond donors (Lipinski definition) is 2. The van der Waals surface area contributed by atoms with E-state index < -0.39 is 0 Å². The summed E-state index contributed by atoms with van der Waals surface area (Å²) in [7, 11) is 1.59. The largest absolute Gasteiger partial charge is 0.398 e. The molecule has 0 spiro atoms. The van der Waals surface area contributed by atoms with Gasteiger partial charge in [-0.2, -0.15) is 0 Å². The van der Waals surface area contributed by atoms with Gasteiger partial charge in [-0.05, 0) is 6.07 Å². The number of likely N-dealkylation sites (N-methyl/N-ethyl adjacent to an activating group) is 1. The highest BCUT2D eigenvalue weighted by Gasteiger charge is 2.10. The number of nitrogens with two attached hydrogens (primary N) is 1. The summed E-state index contributed by atoms with van der Waals surface area (Å²) in [6.07, 6.45) is 6.54. The fourth-order valence-corrected chi connectivity index (χ4v) is 1.52. The summed E-state index contributed by atoms with van der Waals surface area (Å²) in [6, 6.07) is 1.71. The molecule has 2 heterocycles. The Kier molecular flexibility index (Phi) is 3.04. The van der Waals surface area contributed by atoms with Crippen molar-refractivity contribution in [1.29, 1.82) is 0 Å². The number of nitrogen functional groups attached to an aromatic ring is 1. The fraction of sp³-hybridized carbons (Fsp3) is 0.182. The van der Waals surface area contributed by atoms with Crippen LogP contribution in [-0.4, -0.2) is 27.5 Å². The molecule has 3 N–H and O–H groups in total. The molecule has 0 aliphatic heterocycles. The number of anilines is 1. The average molecular weight is 231 g/mol. The van der Waals surface area contributed by atoms with E-state index in [1.54, 1.807) is 42.6 Å². The van der Waals surface area contributed by atoms with Crippen molar-refractivity contribution in [2.45, 2.75) is 6.54 Å². The highest BCUT2D eigenvalue weighted by atomic mass is 16.1. The molecular weight excluding hydrogens is 218 g/mol. The van der Waals surface area contributed by atoms with E-state index in [2.05, 4.69) is 15.3 Å². The van der Waals surface area contributed by atoms with Crippen LogP contribution in [0.4, 0.5) is 5.69 Å². The van der Waals surface area contributed by atoms with E-state index >= 15 is 0 Å². The van der Waals surface area contributed by atoms with Crippen LogP contribution in [0.5, 0.6) is 0 Å². The van der Waals surface area contributed by atoms with E-state index in [0.717, 1.165) is 11.3 Å². The van der Waals surface area contributed by atoms with E-state index in [-0.39, 0.29) is 12.5 Å². The Morgan fingerprint density at radius 1 is 1.47 bits per heavy atom. The number of pyridine rings is 1. The smallest absolute Gasteiger partial charge is 0.239 e. The lowest BCUT2D eigenvalue weighted by Gasteiger charge is -2.08. The van der Waals surface area contributed by atoms with Gasteiger partial charge >= 0.3 is 0 Å². The zero-order valence-electron chi connectivity index (χ0n) is 9.42. The number of carbonyl (C=O) groups excluding carboxylic acids is 1. The molecule has 0 fully saturated rings. The first kappa shape index (κ1) is 11.1. The fourth-order valence-electron chi connectivity index (χ4n) is 1.52.